The number of ether oxygens (including phenoxy) is 2. The molecule has 2 heterocycles. The van der Waals surface area contributed by atoms with Crippen molar-refractivity contribution >= 4 is 5.96 Å². The number of aliphatic imine (C=N–C) groups is 1. The summed E-state index contributed by atoms with van der Waals surface area (Å²) in [7, 11) is 1.76. The van der Waals surface area contributed by atoms with E-state index in [1.807, 2.05) is 4.57 Å². The van der Waals surface area contributed by atoms with Crippen LogP contribution >= 0.6 is 0 Å². The molecule has 0 bridgehead atoms. The van der Waals surface area contributed by atoms with Crippen molar-refractivity contribution < 1.29 is 9.47 Å². The number of aryl methyl sites for hydroxylation is 1. The Labute approximate surface area is 137 Å². The molecule has 1 unspecified atom stereocenters. The van der Waals surface area contributed by atoms with E-state index in [-0.39, 0.29) is 0 Å². The van der Waals surface area contributed by atoms with Gasteiger partial charge in [0.25, 0.3) is 0 Å². The monoisotopic (exact) mass is 324 g/mol. The van der Waals surface area contributed by atoms with Crippen LogP contribution in [0.2, 0.25) is 0 Å². The number of aromatic nitrogens is 3. The summed E-state index contributed by atoms with van der Waals surface area (Å²) in [4.78, 5) is 4.20. The molecular formula is C15H28N6O2. The Morgan fingerprint density at radius 3 is 3.17 bits per heavy atom. The summed E-state index contributed by atoms with van der Waals surface area (Å²) in [5.74, 6) is 1.66. The molecule has 130 valence electrons. The molecule has 1 aliphatic rings. The molecule has 23 heavy (non-hydrogen) atoms. The van der Waals surface area contributed by atoms with Crippen molar-refractivity contribution in [1.29, 1.82) is 0 Å². The number of nitrogens with zero attached hydrogens (tertiary/aromatic N) is 4. The largest absolute Gasteiger partial charge is 0.379 e. The molecule has 1 aromatic heterocycles. The van der Waals surface area contributed by atoms with Crippen molar-refractivity contribution in [2.45, 2.75) is 45.4 Å². The lowest BCUT2D eigenvalue weighted by Gasteiger charge is -2.13. The Morgan fingerprint density at radius 1 is 1.52 bits per heavy atom. The molecule has 1 aliphatic heterocycles. The molecule has 0 amide bonds. The fourth-order valence-corrected chi connectivity index (χ4v) is 2.43. The van der Waals surface area contributed by atoms with Gasteiger partial charge in [-0.15, -0.1) is 10.2 Å². The molecule has 1 atom stereocenters. The van der Waals surface area contributed by atoms with Gasteiger partial charge in [0, 0.05) is 33.4 Å². The van der Waals surface area contributed by atoms with Gasteiger partial charge in [-0.1, -0.05) is 0 Å². The molecule has 2 N–H and O–H groups in total. The second-order valence-corrected chi connectivity index (χ2v) is 5.45. The lowest BCUT2D eigenvalue weighted by Crippen LogP contribution is -2.38. The highest BCUT2D eigenvalue weighted by atomic mass is 16.5. The van der Waals surface area contributed by atoms with Gasteiger partial charge in [0.1, 0.15) is 6.33 Å². The van der Waals surface area contributed by atoms with Crippen LogP contribution < -0.4 is 10.6 Å². The first kappa shape index (κ1) is 17.7. The third kappa shape index (κ3) is 6.15. The van der Waals surface area contributed by atoms with Crippen LogP contribution in [0.25, 0.3) is 0 Å². The zero-order valence-corrected chi connectivity index (χ0v) is 14.1. The van der Waals surface area contributed by atoms with Gasteiger partial charge >= 0.3 is 0 Å². The third-order valence-corrected chi connectivity index (χ3v) is 3.76. The predicted molar refractivity (Wildman–Crippen MR) is 88.3 cm³/mol. The zero-order valence-electron chi connectivity index (χ0n) is 14.1. The van der Waals surface area contributed by atoms with Crippen LogP contribution in [-0.2, 0) is 22.6 Å². The molecule has 0 radical (unpaired) electrons. The SMILES string of the molecule is CCn1cnnc1CNC(=NC)NCCCOCC1CCCO1. The van der Waals surface area contributed by atoms with Crippen LogP contribution in [0.1, 0.15) is 32.0 Å². The van der Waals surface area contributed by atoms with E-state index in [9.17, 15) is 0 Å². The van der Waals surface area contributed by atoms with Gasteiger partial charge in [-0.05, 0) is 26.2 Å². The smallest absolute Gasteiger partial charge is 0.191 e. The molecule has 0 spiro atoms. The number of rotatable bonds is 9. The van der Waals surface area contributed by atoms with E-state index in [4.69, 9.17) is 9.47 Å². The Bertz CT molecular complexity index is 470. The summed E-state index contributed by atoms with van der Waals surface area (Å²) >= 11 is 0. The van der Waals surface area contributed by atoms with Crippen molar-refractivity contribution in [3.63, 3.8) is 0 Å². The van der Waals surface area contributed by atoms with Crippen molar-refractivity contribution in [2.75, 3.05) is 33.4 Å². The van der Waals surface area contributed by atoms with E-state index < -0.39 is 0 Å². The summed E-state index contributed by atoms with van der Waals surface area (Å²) in [6, 6.07) is 0. The first-order valence-corrected chi connectivity index (χ1v) is 8.34. The van der Waals surface area contributed by atoms with Gasteiger partial charge in [-0.3, -0.25) is 4.99 Å². The highest BCUT2D eigenvalue weighted by molar-refractivity contribution is 5.79. The summed E-state index contributed by atoms with van der Waals surface area (Å²) in [5, 5.41) is 14.5. The maximum Gasteiger partial charge on any atom is 0.191 e. The van der Waals surface area contributed by atoms with Crippen molar-refractivity contribution in [2.24, 2.45) is 4.99 Å². The molecule has 1 aromatic rings. The van der Waals surface area contributed by atoms with Gasteiger partial charge in [0.15, 0.2) is 11.8 Å². The summed E-state index contributed by atoms with van der Waals surface area (Å²) in [6.45, 7) is 6.65. The minimum absolute atomic E-state index is 0.299. The van der Waals surface area contributed by atoms with E-state index in [0.29, 0.717) is 19.3 Å². The van der Waals surface area contributed by atoms with Crippen molar-refractivity contribution in [1.82, 2.24) is 25.4 Å². The van der Waals surface area contributed by atoms with Crippen LogP contribution in [-0.4, -0.2) is 60.2 Å². The first-order chi connectivity index (χ1) is 11.3. The van der Waals surface area contributed by atoms with E-state index in [1.165, 1.54) is 0 Å². The number of nitrogens with one attached hydrogen (secondary N) is 2. The maximum atomic E-state index is 5.64. The standard InChI is InChI=1S/C15H28N6O2/c1-3-21-12-19-20-14(21)10-18-15(16-2)17-7-5-8-22-11-13-6-4-9-23-13/h12-13H,3-11H2,1-2H3,(H2,16,17,18). The molecule has 0 aromatic carbocycles. The van der Waals surface area contributed by atoms with Gasteiger partial charge < -0.3 is 24.7 Å². The second-order valence-electron chi connectivity index (χ2n) is 5.45. The van der Waals surface area contributed by atoms with Crippen LogP contribution in [0.15, 0.2) is 11.3 Å². The first-order valence-electron chi connectivity index (χ1n) is 8.34. The van der Waals surface area contributed by atoms with Crippen LogP contribution in [0, 0.1) is 0 Å². The van der Waals surface area contributed by atoms with E-state index in [1.54, 1.807) is 13.4 Å². The molecule has 8 nitrogen and oxygen atoms in total. The average Bonchev–Trinajstić information content (AvgIpc) is 3.24. The summed E-state index contributed by atoms with van der Waals surface area (Å²) in [6.07, 6.45) is 5.24. The predicted octanol–water partition coefficient (Wildman–Crippen LogP) is 0.549. The van der Waals surface area contributed by atoms with E-state index in [2.05, 4.69) is 32.7 Å². The molecule has 2 rings (SSSR count). The minimum atomic E-state index is 0.299. The summed E-state index contributed by atoms with van der Waals surface area (Å²) < 4.78 is 13.2. The molecule has 1 saturated heterocycles. The van der Waals surface area contributed by atoms with Crippen LogP contribution in [0.5, 0.6) is 0 Å². The van der Waals surface area contributed by atoms with Crippen LogP contribution in [0.3, 0.4) is 0 Å². The highest BCUT2D eigenvalue weighted by Crippen LogP contribution is 2.11. The molecular weight excluding hydrogens is 296 g/mol. The Balaban J connectivity index is 1.54. The van der Waals surface area contributed by atoms with Gasteiger partial charge in [-0.25, -0.2) is 0 Å². The fraction of sp³-hybridized carbons (Fsp3) is 0.800. The Kier molecular flexibility index (Phi) is 7.82. The van der Waals surface area contributed by atoms with E-state index >= 15 is 0 Å². The zero-order chi connectivity index (χ0) is 16.3. The van der Waals surface area contributed by atoms with Crippen molar-refractivity contribution in [3.8, 4) is 0 Å². The van der Waals surface area contributed by atoms with Crippen LogP contribution in [0.4, 0.5) is 0 Å². The quantitative estimate of drug-likeness (QED) is 0.392. The van der Waals surface area contributed by atoms with Crippen molar-refractivity contribution in [3.05, 3.63) is 12.2 Å². The normalized spacial score (nSPS) is 18.3. The molecule has 8 heteroatoms. The lowest BCUT2D eigenvalue weighted by molar-refractivity contribution is 0.0168. The molecule has 1 fully saturated rings. The number of hydrogen-bond donors (Lipinski definition) is 2. The maximum absolute atomic E-state index is 5.64. The third-order valence-electron chi connectivity index (χ3n) is 3.76. The Morgan fingerprint density at radius 2 is 2.43 bits per heavy atom. The Hall–Kier alpha value is -1.67. The number of hydrogen-bond acceptors (Lipinski definition) is 5. The lowest BCUT2D eigenvalue weighted by atomic mass is 10.2. The average molecular weight is 324 g/mol. The molecule has 0 aliphatic carbocycles. The molecule has 0 saturated carbocycles. The second kappa shape index (κ2) is 10.2. The van der Waals surface area contributed by atoms with Gasteiger partial charge in [0.05, 0.1) is 19.3 Å². The summed E-state index contributed by atoms with van der Waals surface area (Å²) in [5.41, 5.74) is 0. The van der Waals surface area contributed by atoms with Gasteiger partial charge in [-0.2, -0.15) is 0 Å². The number of guanidine groups is 1. The highest BCUT2D eigenvalue weighted by Gasteiger charge is 2.14. The van der Waals surface area contributed by atoms with E-state index in [0.717, 1.165) is 57.3 Å². The van der Waals surface area contributed by atoms with Gasteiger partial charge in [0.2, 0.25) is 0 Å². The topological polar surface area (TPSA) is 85.6 Å². The fourth-order valence-electron chi connectivity index (χ4n) is 2.43. The minimum Gasteiger partial charge on any atom is -0.379 e.